The first-order valence-corrected chi connectivity index (χ1v) is 7.76. The van der Waals surface area contributed by atoms with Crippen molar-refractivity contribution in [3.63, 3.8) is 0 Å². The van der Waals surface area contributed by atoms with Gasteiger partial charge in [0.25, 0.3) is 0 Å². The Morgan fingerprint density at radius 2 is 1.17 bits per heavy atom. The van der Waals surface area contributed by atoms with Crippen molar-refractivity contribution in [3.8, 4) is 22.6 Å². The summed E-state index contributed by atoms with van der Waals surface area (Å²) >= 11 is 0. The maximum atomic E-state index is 11.7. The minimum absolute atomic E-state index is 0.189. The standard InChI is InChI=1S/C18H10N2O9/c21-15(22)9-5-1-3-7(11(9)17(25)26)13-14(29-20-19-13)8-4-2-6-10(16(23)24)12(8)18(27)28/h1-6H,(H,21,22)(H,23,24)(H,25,26)(H,27,28). The second kappa shape index (κ2) is 7.23. The molecule has 0 radical (unpaired) electrons. The molecule has 0 amide bonds. The van der Waals surface area contributed by atoms with Gasteiger partial charge in [0.1, 0.15) is 5.69 Å². The predicted octanol–water partition coefficient (Wildman–Crippen LogP) is 2.20. The Hall–Kier alpha value is -4.54. The van der Waals surface area contributed by atoms with Gasteiger partial charge in [-0.3, -0.25) is 0 Å². The number of benzene rings is 2. The van der Waals surface area contributed by atoms with Gasteiger partial charge in [0, 0.05) is 16.4 Å². The molecule has 0 atom stereocenters. The number of rotatable bonds is 6. The largest absolute Gasteiger partial charge is 0.478 e. The molecule has 1 heterocycles. The molecule has 0 aliphatic rings. The Bertz CT molecular complexity index is 1090. The van der Waals surface area contributed by atoms with E-state index < -0.39 is 46.1 Å². The fourth-order valence-corrected chi connectivity index (χ4v) is 2.85. The number of carboxylic acids is 4. The zero-order chi connectivity index (χ0) is 21.3. The summed E-state index contributed by atoms with van der Waals surface area (Å²) in [4.78, 5) is 46.2. The number of carboxylic acid groups (broad SMARTS) is 4. The molecule has 29 heavy (non-hydrogen) atoms. The third kappa shape index (κ3) is 3.27. The second-order valence-corrected chi connectivity index (χ2v) is 5.63. The zero-order valence-corrected chi connectivity index (χ0v) is 14.2. The number of hydrogen-bond donors (Lipinski definition) is 4. The first kappa shape index (κ1) is 19.2. The van der Waals surface area contributed by atoms with E-state index in [9.17, 15) is 39.6 Å². The van der Waals surface area contributed by atoms with Crippen molar-refractivity contribution >= 4 is 23.9 Å². The van der Waals surface area contributed by atoms with E-state index in [1.54, 1.807) is 0 Å². The van der Waals surface area contributed by atoms with Gasteiger partial charge in [-0.2, -0.15) is 0 Å². The lowest BCUT2D eigenvalue weighted by molar-refractivity contribution is 0.0652. The van der Waals surface area contributed by atoms with Crippen molar-refractivity contribution in [3.05, 3.63) is 58.7 Å². The van der Waals surface area contributed by atoms with Crippen LogP contribution in [0.15, 0.2) is 40.9 Å². The highest BCUT2D eigenvalue weighted by molar-refractivity contribution is 6.09. The van der Waals surface area contributed by atoms with Crippen LogP contribution in [0.2, 0.25) is 0 Å². The monoisotopic (exact) mass is 398 g/mol. The predicted molar refractivity (Wildman–Crippen MR) is 93.0 cm³/mol. The highest BCUT2D eigenvalue weighted by atomic mass is 16.5. The van der Waals surface area contributed by atoms with Gasteiger partial charge >= 0.3 is 23.9 Å². The van der Waals surface area contributed by atoms with Crippen molar-refractivity contribution < 1.29 is 44.1 Å². The van der Waals surface area contributed by atoms with Crippen LogP contribution in [0.3, 0.4) is 0 Å². The highest BCUT2D eigenvalue weighted by Gasteiger charge is 2.29. The molecular weight excluding hydrogens is 388 g/mol. The molecule has 0 spiro atoms. The van der Waals surface area contributed by atoms with Crippen molar-refractivity contribution in [1.29, 1.82) is 0 Å². The number of nitrogens with zero attached hydrogens (tertiary/aromatic N) is 2. The molecule has 4 N–H and O–H groups in total. The van der Waals surface area contributed by atoms with Crippen molar-refractivity contribution in [2.24, 2.45) is 0 Å². The number of hydrogen-bond acceptors (Lipinski definition) is 7. The molecule has 0 aliphatic carbocycles. The summed E-state index contributed by atoms with van der Waals surface area (Å²) in [5.74, 6) is -6.46. The van der Waals surface area contributed by atoms with E-state index in [4.69, 9.17) is 4.52 Å². The Balaban J connectivity index is 2.35. The molecule has 0 bridgehead atoms. The lowest BCUT2D eigenvalue weighted by Crippen LogP contribution is -2.11. The Morgan fingerprint density at radius 3 is 1.66 bits per heavy atom. The van der Waals surface area contributed by atoms with Crippen LogP contribution in [0.1, 0.15) is 41.4 Å². The van der Waals surface area contributed by atoms with E-state index in [0.29, 0.717) is 0 Å². The quantitative estimate of drug-likeness (QED) is 0.476. The average molecular weight is 398 g/mol. The summed E-state index contributed by atoms with van der Waals surface area (Å²) in [5.41, 5.74) is -2.94. The molecule has 146 valence electrons. The normalized spacial score (nSPS) is 10.5. The summed E-state index contributed by atoms with van der Waals surface area (Å²) in [6.45, 7) is 0. The Labute approximate surface area is 160 Å². The van der Waals surface area contributed by atoms with Gasteiger partial charge in [-0.1, -0.05) is 24.3 Å². The van der Waals surface area contributed by atoms with Crippen LogP contribution in [0.4, 0.5) is 0 Å². The molecule has 11 nitrogen and oxygen atoms in total. The smallest absolute Gasteiger partial charge is 0.337 e. The molecular formula is C18H10N2O9. The molecule has 11 heteroatoms. The van der Waals surface area contributed by atoms with E-state index in [1.165, 1.54) is 24.3 Å². The van der Waals surface area contributed by atoms with Crippen LogP contribution in [0.25, 0.3) is 22.6 Å². The van der Waals surface area contributed by atoms with Gasteiger partial charge < -0.3 is 24.9 Å². The number of carbonyl (C=O) groups is 4. The molecule has 0 fully saturated rings. The first-order valence-electron chi connectivity index (χ1n) is 7.76. The van der Waals surface area contributed by atoms with Crippen molar-refractivity contribution in [2.45, 2.75) is 0 Å². The summed E-state index contributed by atoms with van der Waals surface area (Å²) in [7, 11) is 0. The van der Waals surface area contributed by atoms with Crippen molar-refractivity contribution in [2.75, 3.05) is 0 Å². The van der Waals surface area contributed by atoms with E-state index in [0.717, 1.165) is 12.1 Å². The summed E-state index contributed by atoms with van der Waals surface area (Å²) in [5, 5.41) is 44.5. The minimum atomic E-state index is -1.57. The van der Waals surface area contributed by atoms with E-state index in [-0.39, 0.29) is 22.6 Å². The highest BCUT2D eigenvalue weighted by Crippen LogP contribution is 2.36. The fourth-order valence-electron chi connectivity index (χ4n) is 2.85. The van der Waals surface area contributed by atoms with Gasteiger partial charge in [-0.25, -0.2) is 19.2 Å². The Morgan fingerprint density at radius 1 is 0.690 bits per heavy atom. The number of aromatic carboxylic acids is 4. The maximum Gasteiger partial charge on any atom is 0.337 e. The molecule has 0 aliphatic heterocycles. The zero-order valence-electron chi connectivity index (χ0n) is 14.2. The SMILES string of the molecule is O=C(O)c1cccc(-c2nnoc2-c2cccc(C(=O)O)c2C(=O)O)c1C(=O)O. The van der Waals surface area contributed by atoms with E-state index in [2.05, 4.69) is 10.4 Å². The van der Waals surface area contributed by atoms with Crippen LogP contribution < -0.4 is 0 Å². The third-order valence-corrected chi connectivity index (χ3v) is 4.01. The number of aromatic nitrogens is 2. The molecule has 3 aromatic rings. The van der Waals surface area contributed by atoms with Crippen molar-refractivity contribution in [1.82, 2.24) is 10.4 Å². The average Bonchev–Trinajstić information content (AvgIpc) is 3.15. The van der Waals surface area contributed by atoms with E-state index >= 15 is 0 Å². The molecule has 0 unspecified atom stereocenters. The van der Waals surface area contributed by atoms with Crippen LogP contribution in [-0.2, 0) is 0 Å². The third-order valence-electron chi connectivity index (χ3n) is 4.01. The van der Waals surface area contributed by atoms with Gasteiger partial charge in [-0.15, -0.1) is 5.10 Å². The van der Waals surface area contributed by atoms with Gasteiger partial charge in [0.15, 0.2) is 5.76 Å². The topological polar surface area (TPSA) is 188 Å². The molecule has 3 rings (SSSR count). The van der Waals surface area contributed by atoms with Gasteiger partial charge in [0.05, 0.1) is 22.3 Å². The molecule has 1 aromatic heterocycles. The summed E-state index contributed by atoms with van der Waals surface area (Å²) in [6, 6.07) is 7.19. The van der Waals surface area contributed by atoms with Crippen LogP contribution in [0, 0.1) is 0 Å². The Kier molecular flexibility index (Phi) is 4.79. The van der Waals surface area contributed by atoms with Gasteiger partial charge in [0.2, 0.25) is 0 Å². The van der Waals surface area contributed by atoms with Crippen LogP contribution in [-0.4, -0.2) is 54.7 Å². The fraction of sp³-hybridized carbons (Fsp3) is 0. The van der Waals surface area contributed by atoms with Crippen LogP contribution in [0.5, 0.6) is 0 Å². The van der Waals surface area contributed by atoms with Crippen LogP contribution >= 0.6 is 0 Å². The maximum absolute atomic E-state index is 11.7. The minimum Gasteiger partial charge on any atom is -0.478 e. The lowest BCUT2D eigenvalue weighted by atomic mass is 9.93. The van der Waals surface area contributed by atoms with Gasteiger partial charge in [-0.05, 0) is 12.1 Å². The second-order valence-electron chi connectivity index (χ2n) is 5.63. The molecule has 0 saturated carbocycles. The lowest BCUT2D eigenvalue weighted by Gasteiger charge is -2.10. The summed E-state index contributed by atoms with van der Waals surface area (Å²) in [6.07, 6.45) is 0. The summed E-state index contributed by atoms with van der Waals surface area (Å²) < 4.78 is 5.01. The molecule has 2 aromatic carbocycles. The van der Waals surface area contributed by atoms with E-state index in [1.807, 2.05) is 0 Å². The molecule has 0 saturated heterocycles. The first-order chi connectivity index (χ1) is 13.7.